The number of rotatable bonds is 2. The number of alkyl halides is 2. The fraction of sp³-hybridized carbons (Fsp3) is 0.125. The van der Waals surface area contributed by atoms with E-state index in [1.807, 2.05) is 0 Å². The number of amides is 1. The highest BCUT2D eigenvalue weighted by Gasteiger charge is 2.16. The maximum absolute atomic E-state index is 12.6. The van der Waals surface area contributed by atoms with E-state index in [0.29, 0.717) is 0 Å². The quantitative estimate of drug-likeness (QED) is 0.821. The molecular weight excluding hydrogens is 219 g/mol. The van der Waals surface area contributed by atoms with Gasteiger partial charge < -0.3 is 5.32 Å². The highest BCUT2D eigenvalue weighted by molar-refractivity contribution is 6.33. The molecule has 14 heavy (non-hydrogen) atoms. The SMILES string of the molecule is O=C(Nc1cc(F)ccc1Cl)C(F)F. The molecule has 0 radical (unpaired) electrons. The first kappa shape index (κ1) is 10.8. The van der Waals surface area contributed by atoms with Gasteiger partial charge >= 0.3 is 6.43 Å². The van der Waals surface area contributed by atoms with Crippen LogP contribution in [0.5, 0.6) is 0 Å². The van der Waals surface area contributed by atoms with Gasteiger partial charge in [0, 0.05) is 0 Å². The van der Waals surface area contributed by atoms with Crippen LogP contribution in [-0.2, 0) is 4.79 Å². The first-order valence-corrected chi connectivity index (χ1v) is 3.92. The van der Waals surface area contributed by atoms with E-state index in [-0.39, 0.29) is 10.7 Å². The third-order valence-electron chi connectivity index (χ3n) is 1.38. The van der Waals surface area contributed by atoms with Gasteiger partial charge in [-0.15, -0.1) is 0 Å². The van der Waals surface area contributed by atoms with Crippen molar-refractivity contribution in [2.24, 2.45) is 0 Å². The number of hydrogen-bond acceptors (Lipinski definition) is 1. The van der Waals surface area contributed by atoms with E-state index < -0.39 is 18.1 Å². The molecule has 0 atom stereocenters. The van der Waals surface area contributed by atoms with Gasteiger partial charge in [0.25, 0.3) is 5.91 Å². The minimum atomic E-state index is -3.16. The Bertz CT molecular complexity index is 356. The molecule has 6 heteroatoms. The third kappa shape index (κ3) is 2.63. The maximum atomic E-state index is 12.6. The van der Waals surface area contributed by atoms with E-state index in [1.165, 1.54) is 0 Å². The van der Waals surface area contributed by atoms with Gasteiger partial charge in [-0.2, -0.15) is 8.78 Å². The number of carbonyl (C=O) groups excluding carboxylic acids is 1. The Morgan fingerprint density at radius 3 is 2.64 bits per heavy atom. The number of hydrogen-bond donors (Lipinski definition) is 1. The molecule has 2 nitrogen and oxygen atoms in total. The monoisotopic (exact) mass is 223 g/mol. The molecule has 76 valence electrons. The van der Waals surface area contributed by atoms with Gasteiger partial charge in [0.15, 0.2) is 0 Å². The van der Waals surface area contributed by atoms with E-state index in [4.69, 9.17) is 11.6 Å². The van der Waals surface area contributed by atoms with E-state index in [0.717, 1.165) is 18.2 Å². The molecule has 0 saturated carbocycles. The minimum absolute atomic E-state index is 0.000370. The Morgan fingerprint density at radius 2 is 2.07 bits per heavy atom. The Hall–Kier alpha value is -1.23. The molecular formula is C8H5ClF3NO. The van der Waals surface area contributed by atoms with Gasteiger partial charge in [-0.25, -0.2) is 4.39 Å². The van der Waals surface area contributed by atoms with Gasteiger partial charge in [-0.05, 0) is 18.2 Å². The van der Waals surface area contributed by atoms with Crippen LogP contribution in [-0.4, -0.2) is 12.3 Å². The molecule has 0 unspecified atom stereocenters. The molecule has 0 bridgehead atoms. The second-order valence-electron chi connectivity index (χ2n) is 2.41. The van der Waals surface area contributed by atoms with E-state index in [1.54, 1.807) is 5.32 Å². The van der Waals surface area contributed by atoms with Crippen molar-refractivity contribution in [3.63, 3.8) is 0 Å². The number of carbonyl (C=O) groups is 1. The summed E-state index contributed by atoms with van der Waals surface area (Å²) in [7, 11) is 0. The van der Waals surface area contributed by atoms with Crippen LogP contribution in [0, 0.1) is 5.82 Å². The Kier molecular flexibility index (Phi) is 3.35. The number of benzene rings is 1. The van der Waals surface area contributed by atoms with Crippen LogP contribution in [0.4, 0.5) is 18.9 Å². The lowest BCUT2D eigenvalue weighted by molar-refractivity contribution is -0.126. The highest BCUT2D eigenvalue weighted by Crippen LogP contribution is 2.22. The summed E-state index contributed by atoms with van der Waals surface area (Å²) in [5, 5.41) is 1.79. The van der Waals surface area contributed by atoms with Crippen molar-refractivity contribution in [1.82, 2.24) is 0 Å². The smallest absolute Gasteiger partial charge is 0.315 e. The second-order valence-corrected chi connectivity index (χ2v) is 2.82. The van der Waals surface area contributed by atoms with E-state index in [2.05, 4.69) is 0 Å². The molecule has 0 aliphatic rings. The largest absolute Gasteiger partial charge is 0.320 e. The van der Waals surface area contributed by atoms with E-state index >= 15 is 0 Å². The second kappa shape index (κ2) is 4.32. The Labute approximate surface area is 82.7 Å². The molecule has 0 saturated heterocycles. The van der Waals surface area contributed by atoms with Crippen LogP contribution in [0.1, 0.15) is 0 Å². The molecule has 1 rings (SSSR count). The van der Waals surface area contributed by atoms with Crippen molar-refractivity contribution < 1.29 is 18.0 Å². The zero-order valence-corrected chi connectivity index (χ0v) is 7.49. The van der Waals surface area contributed by atoms with Gasteiger partial charge in [-0.3, -0.25) is 4.79 Å². The Balaban J connectivity index is 2.86. The predicted molar refractivity (Wildman–Crippen MR) is 46.0 cm³/mol. The molecule has 0 aromatic heterocycles. The van der Waals surface area contributed by atoms with Crippen LogP contribution in [0.2, 0.25) is 5.02 Å². The lowest BCUT2D eigenvalue weighted by Crippen LogP contribution is -2.20. The summed E-state index contributed by atoms with van der Waals surface area (Å²) in [6.45, 7) is 0. The number of halogens is 4. The lowest BCUT2D eigenvalue weighted by atomic mass is 10.3. The molecule has 1 aromatic carbocycles. The summed E-state index contributed by atoms with van der Waals surface area (Å²) in [5.74, 6) is -2.18. The minimum Gasteiger partial charge on any atom is -0.320 e. The predicted octanol–water partition coefficient (Wildman–Crippen LogP) is 2.68. The normalized spacial score (nSPS) is 10.4. The van der Waals surface area contributed by atoms with E-state index in [9.17, 15) is 18.0 Å². The average Bonchev–Trinajstić information content (AvgIpc) is 2.11. The number of nitrogens with one attached hydrogen (secondary N) is 1. The van der Waals surface area contributed by atoms with Crippen LogP contribution in [0.15, 0.2) is 18.2 Å². The zero-order chi connectivity index (χ0) is 10.7. The van der Waals surface area contributed by atoms with Gasteiger partial charge in [0.2, 0.25) is 0 Å². The fourth-order valence-electron chi connectivity index (χ4n) is 0.781. The van der Waals surface area contributed by atoms with Crippen LogP contribution in [0.25, 0.3) is 0 Å². The van der Waals surface area contributed by atoms with Crippen molar-refractivity contribution in [1.29, 1.82) is 0 Å². The summed E-state index contributed by atoms with van der Waals surface area (Å²) in [6, 6.07) is 3.08. The summed E-state index contributed by atoms with van der Waals surface area (Å²) in [6.07, 6.45) is -3.16. The first-order chi connectivity index (χ1) is 6.50. The maximum Gasteiger partial charge on any atom is 0.315 e. The topological polar surface area (TPSA) is 29.1 Å². The molecule has 1 N–H and O–H groups in total. The van der Waals surface area contributed by atoms with Crippen LogP contribution >= 0.6 is 11.6 Å². The average molecular weight is 224 g/mol. The highest BCUT2D eigenvalue weighted by atomic mass is 35.5. The van der Waals surface area contributed by atoms with Gasteiger partial charge in [-0.1, -0.05) is 11.6 Å². The molecule has 1 amide bonds. The fourth-order valence-corrected chi connectivity index (χ4v) is 0.945. The van der Waals surface area contributed by atoms with Crippen molar-refractivity contribution in [2.45, 2.75) is 6.43 Å². The first-order valence-electron chi connectivity index (χ1n) is 3.55. The summed E-state index contributed by atoms with van der Waals surface area (Å²) < 4.78 is 36.2. The standard InChI is InChI=1S/C8H5ClF3NO/c9-5-2-1-4(10)3-6(5)13-8(14)7(11)12/h1-3,7H,(H,13,14). The van der Waals surface area contributed by atoms with Crippen LogP contribution in [0.3, 0.4) is 0 Å². The van der Waals surface area contributed by atoms with Crippen molar-refractivity contribution in [3.8, 4) is 0 Å². The van der Waals surface area contributed by atoms with Crippen molar-refractivity contribution >= 4 is 23.2 Å². The molecule has 1 aromatic rings. The van der Waals surface area contributed by atoms with Gasteiger partial charge in [0.1, 0.15) is 5.82 Å². The summed E-state index contributed by atoms with van der Waals surface area (Å²) >= 11 is 5.52. The third-order valence-corrected chi connectivity index (χ3v) is 1.71. The van der Waals surface area contributed by atoms with Crippen molar-refractivity contribution in [2.75, 3.05) is 5.32 Å². The van der Waals surface area contributed by atoms with Gasteiger partial charge in [0.05, 0.1) is 10.7 Å². The Morgan fingerprint density at radius 1 is 1.43 bits per heavy atom. The summed E-state index contributed by atoms with van der Waals surface area (Å²) in [4.78, 5) is 10.5. The molecule has 0 aliphatic heterocycles. The molecule has 0 spiro atoms. The van der Waals surface area contributed by atoms with Crippen molar-refractivity contribution in [3.05, 3.63) is 29.0 Å². The number of anilines is 1. The molecule has 0 fully saturated rings. The zero-order valence-electron chi connectivity index (χ0n) is 6.73. The molecule has 0 heterocycles. The summed E-state index contributed by atoms with van der Waals surface area (Å²) in [5.41, 5.74) is -0.169. The lowest BCUT2D eigenvalue weighted by Gasteiger charge is -2.05. The molecule has 0 aliphatic carbocycles. The van der Waals surface area contributed by atoms with Crippen LogP contribution < -0.4 is 5.32 Å².